The lowest BCUT2D eigenvalue weighted by Gasteiger charge is -2.10. The van der Waals surface area contributed by atoms with Crippen molar-refractivity contribution in [2.24, 2.45) is 0 Å². The van der Waals surface area contributed by atoms with E-state index >= 15 is 0 Å². The summed E-state index contributed by atoms with van der Waals surface area (Å²) < 4.78 is 42.6. The molecule has 0 saturated carbocycles. The molecule has 0 atom stereocenters. The van der Waals surface area contributed by atoms with Gasteiger partial charge in [-0.1, -0.05) is 49.0 Å². The van der Waals surface area contributed by atoms with E-state index in [1.165, 1.54) is 24.3 Å². The third-order valence-corrected chi connectivity index (χ3v) is 3.02. The lowest BCUT2D eigenvalue weighted by atomic mass is 10.1. The molecule has 0 bridgehead atoms. The molecule has 0 spiro atoms. The Balaban J connectivity index is 2.01. The van der Waals surface area contributed by atoms with E-state index in [1.807, 2.05) is 30.3 Å². The van der Waals surface area contributed by atoms with Gasteiger partial charge in [-0.3, -0.25) is 0 Å². The summed E-state index contributed by atoms with van der Waals surface area (Å²) in [6, 6.07) is 14.1. The van der Waals surface area contributed by atoms with Crippen molar-refractivity contribution in [1.29, 1.82) is 0 Å². The fourth-order valence-electron chi connectivity index (χ4n) is 1.78. The highest BCUT2D eigenvalue weighted by Gasteiger charge is 2.32. The summed E-state index contributed by atoms with van der Waals surface area (Å²) in [5.41, 5.74) is -0.00335. The largest absolute Gasteiger partial charge is 0.457 e. The smallest absolute Gasteiger partial charge is 0.416 e. The van der Waals surface area contributed by atoms with Crippen LogP contribution < -0.4 is 0 Å². The molecule has 0 fully saturated rings. The van der Waals surface area contributed by atoms with Gasteiger partial charge in [0.15, 0.2) is 0 Å². The summed E-state index contributed by atoms with van der Waals surface area (Å²) in [5.74, 6) is -0.590. The fraction of sp³-hybridized carbons (Fsp3) is 0.118. The number of carbonyl (C=O) groups excluding carboxylic acids is 1. The number of carbonyl (C=O) groups is 1. The average Bonchev–Trinajstić information content (AvgIpc) is 2.52. The van der Waals surface area contributed by atoms with Gasteiger partial charge in [-0.15, -0.1) is 0 Å². The highest BCUT2D eigenvalue weighted by atomic mass is 19.4. The van der Waals surface area contributed by atoms with Gasteiger partial charge in [0.1, 0.15) is 6.61 Å². The first-order valence-corrected chi connectivity index (χ1v) is 6.45. The Bertz CT molecular complexity index is 659. The second-order valence-electron chi connectivity index (χ2n) is 4.62. The second-order valence-corrected chi connectivity index (χ2v) is 4.62. The predicted octanol–water partition coefficient (Wildman–Crippen LogP) is 4.62. The molecule has 2 rings (SSSR count). The standard InChI is InChI=1S/C17H13F3O2/c1-12(17(18,19)20)14-7-9-15(10-8-14)16(21)22-11-13-5-3-2-4-6-13/h2-10H,1,11H2. The molecule has 0 aliphatic carbocycles. The summed E-state index contributed by atoms with van der Waals surface area (Å²) in [4.78, 5) is 11.8. The van der Waals surface area contributed by atoms with E-state index < -0.39 is 17.7 Å². The molecule has 22 heavy (non-hydrogen) atoms. The van der Waals surface area contributed by atoms with Crippen LogP contribution in [0.5, 0.6) is 0 Å². The van der Waals surface area contributed by atoms with Crippen LogP contribution >= 0.6 is 0 Å². The van der Waals surface area contributed by atoms with Crippen LogP contribution in [0, 0.1) is 0 Å². The minimum Gasteiger partial charge on any atom is -0.457 e. The Morgan fingerprint density at radius 2 is 1.50 bits per heavy atom. The van der Waals surface area contributed by atoms with Crippen molar-refractivity contribution >= 4 is 11.5 Å². The normalized spacial score (nSPS) is 11.0. The number of hydrogen-bond acceptors (Lipinski definition) is 2. The molecule has 5 heteroatoms. The lowest BCUT2D eigenvalue weighted by molar-refractivity contribution is -0.0686. The lowest BCUT2D eigenvalue weighted by Crippen LogP contribution is -2.10. The molecule has 0 amide bonds. The predicted molar refractivity (Wildman–Crippen MR) is 77.1 cm³/mol. The van der Waals surface area contributed by atoms with Crippen LogP contribution in [0.15, 0.2) is 61.2 Å². The number of alkyl halides is 3. The second kappa shape index (κ2) is 6.47. The molecular formula is C17H13F3O2. The van der Waals surface area contributed by atoms with E-state index in [0.717, 1.165) is 5.56 Å². The maximum absolute atomic E-state index is 12.5. The Morgan fingerprint density at radius 3 is 2.05 bits per heavy atom. The van der Waals surface area contributed by atoms with E-state index in [2.05, 4.69) is 6.58 Å². The van der Waals surface area contributed by atoms with Crippen LogP contribution in [-0.2, 0) is 11.3 Å². The van der Waals surface area contributed by atoms with Crippen molar-refractivity contribution < 1.29 is 22.7 Å². The van der Waals surface area contributed by atoms with Crippen molar-refractivity contribution in [2.75, 3.05) is 0 Å². The molecule has 0 aromatic heterocycles. The van der Waals surface area contributed by atoms with E-state index in [0.29, 0.717) is 0 Å². The molecule has 0 radical (unpaired) electrons. The zero-order valence-corrected chi connectivity index (χ0v) is 11.6. The minimum absolute atomic E-state index is 0.0768. The number of benzene rings is 2. The molecule has 2 nitrogen and oxygen atoms in total. The fourth-order valence-corrected chi connectivity index (χ4v) is 1.78. The number of rotatable bonds is 4. The molecular weight excluding hydrogens is 293 g/mol. The Morgan fingerprint density at radius 1 is 0.955 bits per heavy atom. The van der Waals surface area contributed by atoms with Gasteiger partial charge in [0.25, 0.3) is 0 Å². The van der Waals surface area contributed by atoms with Crippen LogP contribution in [-0.4, -0.2) is 12.1 Å². The highest BCUT2D eigenvalue weighted by Crippen LogP contribution is 2.32. The van der Waals surface area contributed by atoms with Crippen molar-refractivity contribution in [3.05, 3.63) is 77.9 Å². The number of ether oxygens (including phenoxy) is 1. The van der Waals surface area contributed by atoms with E-state index in [-0.39, 0.29) is 17.7 Å². The zero-order valence-electron chi connectivity index (χ0n) is 11.6. The number of allylic oxidation sites excluding steroid dienone is 1. The Labute approximate surface area is 125 Å². The summed E-state index contributed by atoms with van der Waals surface area (Å²) in [6.07, 6.45) is -4.49. The number of esters is 1. The third-order valence-electron chi connectivity index (χ3n) is 3.02. The molecule has 0 aliphatic heterocycles. The first-order chi connectivity index (χ1) is 10.4. The SMILES string of the molecule is C=C(c1ccc(C(=O)OCc2ccccc2)cc1)C(F)(F)F. The molecule has 0 unspecified atom stereocenters. The zero-order chi connectivity index (χ0) is 16.2. The van der Waals surface area contributed by atoms with Gasteiger partial charge in [0.05, 0.1) is 11.1 Å². The van der Waals surface area contributed by atoms with E-state index in [9.17, 15) is 18.0 Å². The highest BCUT2D eigenvalue weighted by molar-refractivity contribution is 5.89. The van der Waals surface area contributed by atoms with Crippen molar-refractivity contribution in [1.82, 2.24) is 0 Å². The van der Waals surface area contributed by atoms with Gasteiger partial charge < -0.3 is 4.74 Å². The molecule has 114 valence electrons. The summed E-state index contributed by atoms with van der Waals surface area (Å²) >= 11 is 0. The molecule has 0 aliphatic rings. The summed E-state index contributed by atoms with van der Waals surface area (Å²) in [7, 11) is 0. The summed E-state index contributed by atoms with van der Waals surface area (Å²) in [6.45, 7) is 3.11. The Hall–Kier alpha value is -2.56. The number of halogens is 3. The van der Waals surface area contributed by atoms with Gasteiger partial charge in [-0.25, -0.2) is 4.79 Å². The first-order valence-electron chi connectivity index (χ1n) is 6.45. The maximum Gasteiger partial charge on any atom is 0.416 e. The molecule has 0 N–H and O–H groups in total. The van der Waals surface area contributed by atoms with Gasteiger partial charge >= 0.3 is 12.1 Å². The summed E-state index contributed by atoms with van der Waals surface area (Å²) in [5, 5.41) is 0. The van der Waals surface area contributed by atoms with Crippen LogP contribution in [0.25, 0.3) is 5.57 Å². The van der Waals surface area contributed by atoms with Crippen LogP contribution in [0.2, 0.25) is 0 Å². The van der Waals surface area contributed by atoms with Gasteiger partial charge in [0.2, 0.25) is 0 Å². The van der Waals surface area contributed by atoms with Crippen LogP contribution in [0.1, 0.15) is 21.5 Å². The van der Waals surface area contributed by atoms with Crippen molar-refractivity contribution in [3.8, 4) is 0 Å². The van der Waals surface area contributed by atoms with Crippen LogP contribution in [0.4, 0.5) is 13.2 Å². The number of hydrogen-bond donors (Lipinski definition) is 0. The topological polar surface area (TPSA) is 26.3 Å². The molecule has 2 aromatic carbocycles. The molecule has 0 heterocycles. The maximum atomic E-state index is 12.5. The van der Waals surface area contributed by atoms with Crippen LogP contribution in [0.3, 0.4) is 0 Å². The van der Waals surface area contributed by atoms with Gasteiger partial charge in [0, 0.05) is 0 Å². The van der Waals surface area contributed by atoms with Gasteiger partial charge in [-0.05, 0) is 23.3 Å². The molecule has 2 aromatic rings. The van der Waals surface area contributed by atoms with E-state index in [4.69, 9.17) is 4.74 Å². The van der Waals surface area contributed by atoms with Crippen molar-refractivity contribution in [3.63, 3.8) is 0 Å². The Kier molecular flexibility index (Phi) is 4.65. The third kappa shape index (κ3) is 3.97. The molecule has 0 saturated heterocycles. The van der Waals surface area contributed by atoms with Gasteiger partial charge in [-0.2, -0.15) is 13.2 Å². The average molecular weight is 306 g/mol. The van der Waals surface area contributed by atoms with Crippen molar-refractivity contribution in [2.45, 2.75) is 12.8 Å². The van der Waals surface area contributed by atoms with E-state index in [1.54, 1.807) is 0 Å². The monoisotopic (exact) mass is 306 g/mol. The minimum atomic E-state index is -4.49. The quantitative estimate of drug-likeness (QED) is 0.770. The first kappa shape index (κ1) is 15.8.